The molecular weight excluding hydrogens is 629 g/mol. The molecule has 2 heterocycles. The molecule has 1 fully saturated rings. The fourth-order valence-electron chi connectivity index (χ4n) is 4.34. The summed E-state index contributed by atoms with van der Waals surface area (Å²) < 4.78 is 22.7. The highest BCUT2D eigenvalue weighted by Gasteiger charge is 2.46. The number of benzene rings is 3. The molecular formula is C34H30N2O8S2. The quantitative estimate of drug-likeness (QED) is 0.0982. The molecule has 0 N–H and O–H groups in total. The van der Waals surface area contributed by atoms with E-state index in [1.54, 1.807) is 74.5 Å². The number of esters is 2. The fraction of sp³-hybridized carbons (Fsp3) is 0.176. The van der Waals surface area contributed by atoms with Crippen LogP contribution in [-0.4, -0.2) is 50.2 Å². The Morgan fingerprint density at radius 1 is 0.630 bits per heavy atom. The van der Waals surface area contributed by atoms with Crippen LogP contribution in [0.15, 0.2) is 117 Å². The molecule has 3 aromatic carbocycles. The Balaban J connectivity index is 1.46. The Bertz CT molecular complexity index is 1620. The average molecular weight is 659 g/mol. The standard InChI is InChI=1S/C34H30N2O8S2/c1-21(2)32(39)43-19-17-41-25-15-16-26(42-18-20-44-33(40)22(3)4)29-28(25)45-34(46-29)27-30(37)35(23-11-7-5-8-12-23)36(31(27)38)24-13-9-6-10-14-24/h5-16H,1,3,17-20H2,2,4H3. The van der Waals surface area contributed by atoms with Crippen LogP contribution < -0.4 is 19.5 Å². The van der Waals surface area contributed by atoms with Gasteiger partial charge in [0, 0.05) is 11.1 Å². The molecule has 10 nitrogen and oxygen atoms in total. The molecule has 0 atom stereocenters. The van der Waals surface area contributed by atoms with Gasteiger partial charge in [0.1, 0.15) is 43.5 Å². The molecule has 1 saturated heterocycles. The van der Waals surface area contributed by atoms with E-state index in [1.165, 1.54) is 33.5 Å². The normalized spacial score (nSPS) is 13.9. The van der Waals surface area contributed by atoms with Crippen molar-refractivity contribution in [2.45, 2.75) is 23.6 Å². The minimum Gasteiger partial charge on any atom is -0.489 e. The van der Waals surface area contributed by atoms with Crippen LogP contribution in [0.5, 0.6) is 11.5 Å². The number of rotatable bonds is 12. The van der Waals surface area contributed by atoms with E-state index in [1.807, 2.05) is 12.1 Å². The smallest absolute Gasteiger partial charge is 0.333 e. The number of carbonyl (C=O) groups excluding carboxylic acids is 4. The summed E-state index contributed by atoms with van der Waals surface area (Å²) in [6.07, 6.45) is 0. The van der Waals surface area contributed by atoms with Crippen molar-refractivity contribution in [2.24, 2.45) is 0 Å². The van der Waals surface area contributed by atoms with Crippen molar-refractivity contribution in [3.05, 3.63) is 107 Å². The predicted octanol–water partition coefficient (Wildman–Crippen LogP) is 6.09. The molecule has 12 heteroatoms. The molecule has 0 saturated carbocycles. The molecule has 0 radical (unpaired) electrons. The molecule has 0 unspecified atom stereocenters. The van der Waals surface area contributed by atoms with Crippen LogP contribution in [0.3, 0.4) is 0 Å². The summed E-state index contributed by atoms with van der Waals surface area (Å²) >= 11 is 2.43. The summed E-state index contributed by atoms with van der Waals surface area (Å²) in [5.74, 6) is -1.10. The molecule has 0 aromatic heterocycles. The van der Waals surface area contributed by atoms with Gasteiger partial charge in [-0.25, -0.2) is 19.6 Å². The topological polar surface area (TPSA) is 112 Å². The molecule has 46 heavy (non-hydrogen) atoms. The number of amides is 2. The van der Waals surface area contributed by atoms with E-state index in [2.05, 4.69) is 13.2 Å². The van der Waals surface area contributed by atoms with E-state index in [9.17, 15) is 19.2 Å². The highest BCUT2D eigenvalue weighted by atomic mass is 32.2. The SMILES string of the molecule is C=C(C)C(=O)OCCOc1ccc(OCCOC(=O)C(=C)C)c2c1SC(=C1C(=O)N(c3ccccc3)N(c3ccccc3)C1=O)S2. The molecule has 236 valence electrons. The van der Waals surface area contributed by atoms with Crippen molar-refractivity contribution in [1.82, 2.24) is 0 Å². The van der Waals surface area contributed by atoms with Crippen molar-refractivity contribution < 1.29 is 38.1 Å². The average Bonchev–Trinajstić information content (AvgIpc) is 3.60. The molecule has 0 aliphatic carbocycles. The first-order chi connectivity index (χ1) is 22.2. The molecule has 2 aliphatic rings. The van der Waals surface area contributed by atoms with Crippen LogP contribution in [0.4, 0.5) is 11.4 Å². The van der Waals surface area contributed by atoms with E-state index in [4.69, 9.17) is 18.9 Å². The minimum atomic E-state index is -0.522. The second kappa shape index (κ2) is 14.4. The van der Waals surface area contributed by atoms with Gasteiger partial charge in [-0.05, 0) is 50.2 Å². The zero-order chi connectivity index (χ0) is 32.8. The fourth-order valence-corrected chi connectivity index (χ4v) is 7.02. The number of ether oxygens (including phenoxy) is 4. The zero-order valence-corrected chi connectivity index (χ0v) is 26.8. The summed E-state index contributed by atoms with van der Waals surface area (Å²) in [5.41, 5.74) is 1.63. The monoisotopic (exact) mass is 658 g/mol. The summed E-state index contributed by atoms with van der Waals surface area (Å²) in [5, 5.41) is 2.73. The van der Waals surface area contributed by atoms with Crippen molar-refractivity contribution in [3.63, 3.8) is 0 Å². The van der Waals surface area contributed by atoms with Gasteiger partial charge in [-0.15, -0.1) is 0 Å². The first-order valence-corrected chi connectivity index (χ1v) is 15.8. The summed E-state index contributed by atoms with van der Waals surface area (Å²) in [7, 11) is 0. The first kappa shape index (κ1) is 32.5. The van der Waals surface area contributed by atoms with Crippen molar-refractivity contribution in [1.29, 1.82) is 0 Å². The third-order valence-corrected chi connectivity index (χ3v) is 9.12. The van der Waals surface area contributed by atoms with Gasteiger partial charge >= 0.3 is 11.9 Å². The largest absolute Gasteiger partial charge is 0.489 e. The number of anilines is 2. The van der Waals surface area contributed by atoms with E-state index in [0.717, 1.165) is 0 Å². The molecule has 0 bridgehead atoms. The Hall–Kier alpha value is -4.94. The summed E-state index contributed by atoms with van der Waals surface area (Å²) in [4.78, 5) is 53.0. The Morgan fingerprint density at radius 3 is 1.39 bits per heavy atom. The minimum absolute atomic E-state index is 0.00147. The first-order valence-electron chi connectivity index (χ1n) is 14.1. The second-order valence-electron chi connectivity index (χ2n) is 10.0. The van der Waals surface area contributed by atoms with Gasteiger partial charge in [0.15, 0.2) is 0 Å². The summed E-state index contributed by atoms with van der Waals surface area (Å²) in [6.45, 7) is 10.4. The molecule has 2 aliphatic heterocycles. The van der Waals surface area contributed by atoms with Gasteiger partial charge in [0.05, 0.1) is 25.4 Å². The highest BCUT2D eigenvalue weighted by molar-refractivity contribution is 8.25. The van der Waals surface area contributed by atoms with Crippen LogP contribution in [0.2, 0.25) is 0 Å². The number of carbonyl (C=O) groups is 4. The van der Waals surface area contributed by atoms with Crippen molar-refractivity contribution in [2.75, 3.05) is 36.4 Å². The number of fused-ring (bicyclic) bond motifs is 1. The predicted molar refractivity (Wildman–Crippen MR) is 176 cm³/mol. The third kappa shape index (κ3) is 6.98. The van der Waals surface area contributed by atoms with Crippen LogP contribution in [0.1, 0.15) is 13.8 Å². The van der Waals surface area contributed by atoms with E-state index >= 15 is 0 Å². The maximum absolute atomic E-state index is 14.1. The highest BCUT2D eigenvalue weighted by Crippen LogP contribution is 2.59. The van der Waals surface area contributed by atoms with Crippen molar-refractivity contribution >= 4 is 58.7 Å². The van der Waals surface area contributed by atoms with E-state index < -0.39 is 23.8 Å². The lowest BCUT2D eigenvalue weighted by atomic mass is 10.2. The number of hydrogen-bond acceptors (Lipinski definition) is 10. The number of hydrazine groups is 1. The van der Waals surface area contributed by atoms with Crippen LogP contribution in [0.25, 0.3) is 0 Å². The maximum atomic E-state index is 14.1. The number of thioether (sulfide) groups is 2. The van der Waals surface area contributed by atoms with Gasteiger partial charge in [0.25, 0.3) is 11.8 Å². The number of nitrogens with zero attached hydrogens (tertiary/aromatic N) is 2. The Morgan fingerprint density at radius 2 is 1.02 bits per heavy atom. The van der Waals surface area contributed by atoms with E-state index in [0.29, 0.717) is 36.9 Å². The van der Waals surface area contributed by atoms with Crippen LogP contribution in [-0.2, 0) is 28.7 Å². The van der Waals surface area contributed by atoms with Gasteiger partial charge in [-0.1, -0.05) is 73.1 Å². The molecule has 2 amide bonds. The number of para-hydroxylation sites is 2. The number of hydrogen-bond donors (Lipinski definition) is 0. The Kier molecular flexibility index (Phi) is 10.2. The lowest BCUT2D eigenvalue weighted by molar-refractivity contribution is -0.140. The molecule has 0 spiro atoms. The van der Waals surface area contributed by atoms with Gasteiger partial charge in [0.2, 0.25) is 0 Å². The maximum Gasteiger partial charge on any atom is 0.333 e. The lowest BCUT2D eigenvalue weighted by Crippen LogP contribution is -2.41. The second-order valence-corrected chi connectivity index (χ2v) is 12.3. The van der Waals surface area contributed by atoms with Gasteiger partial charge in [-0.3, -0.25) is 9.59 Å². The van der Waals surface area contributed by atoms with Crippen LogP contribution in [0, 0.1) is 0 Å². The lowest BCUT2D eigenvalue weighted by Gasteiger charge is -2.27. The van der Waals surface area contributed by atoms with Gasteiger partial charge < -0.3 is 18.9 Å². The third-order valence-electron chi connectivity index (χ3n) is 6.49. The Labute approximate surface area is 274 Å². The van der Waals surface area contributed by atoms with Crippen molar-refractivity contribution in [3.8, 4) is 11.5 Å². The van der Waals surface area contributed by atoms with Crippen LogP contribution >= 0.6 is 23.5 Å². The zero-order valence-electron chi connectivity index (χ0n) is 25.1. The van der Waals surface area contributed by atoms with E-state index in [-0.39, 0.29) is 43.1 Å². The van der Waals surface area contributed by atoms with Gasteiger partial charge in [-0.2, -0.15) is 0 Å². The molecule has 3 aromatic rings. The molecule has 5 rings (SSSR count). The summed E-state index contributed by atoms with van der Waals surface area (Å²) in [6, 6.07) is 21.3.